The standard InChI is InChI=1S/C5H3BrINO2/c6-2-1-3(5(9)10)8-4(2)7/h1,8H,(H,9,10). The topological polar surface area (TPSA) is 53.1 Å². The number of carbonyl (C=O) groups is 1. The van der Waals surface area contributed by atoms with Crippen molar-refractivity contribution in [3.8, 4) is 0 Å². The molecule has 0 aliphatic rings. The molecule has 2 N–H and O–H groups in total. The Hall–Kier alpha value is -0.0400. The fraction of sp³-hybridized carbons (Fsp3) is 0. The van der Waals surface area contributed by atoms with Gasteiger partial charge in [-0.1, -0.05) is 0 Å². The van der Waals surface area contributed by atoms with Crippen molar-refractivity contribution < 1.29 is 9.90 Å². The molecule has 0 aromatic carbocycles. The van der Waals surface area contributed by atoms with Crippen LogP contribution in [-0.2, 0) is 0 Å². The number of nitrogens with one attached hydrogen (secondary N) is 1. The molecular formula is C5H3BrINO2. The fourth-order valence-corrected chi connectivity index (χ4v) is 1.29. The molecule has 0 fully saturated rings. The number of aromatic amines is 1. The molecule has 54 valence electrons. The van der Waals surface area contributed by atoms with Crippen LogP contribution in [0.25, 0.3) is 0 Å². The van der Waals surface area contributed by atoms with E-state index < -0.39 is 5.97 Å². The number of carboxylic acids is 1. The second-order valence-corrected chi connectivity index (χ2v) is 3.58. The lowest BCUT2D eigenvalue weighted by molar-refractivity contribution is 0.0691. The predicted octanol–water partition coefficient (Wildman–Crippen LogP) is 2.08. The summed E-state index contributed by atoms with van der Waals surface area (Å²) in [6, 6.07) is 1.53. The first-order valence-electron chi connectivity index (χ1n) is 2.38. The van der Waals surface area contributed by atoms with Crippen molar-refractivity contribution in [1.82, 2.24) is 4.98 Å². The van der Waals surface area contributed by atoms with Crippen molar-refractivity contribution in [2.24, 2.45) is 0 Å². The van der Waals surface area contributed by atoms with Crippen LogP contribution < -0.4 is 0 Å². The van der Waals surface area contributed by atoms with E-state index in [0.29, 0.717) is 0 Å². The van der Waals surface area contributed by atoms with Crippen LogP contribution in [0.5, 0.6) is 0 Å². The lowest BCUT2D eigenvalue weighted by Gasteiger charge is -1.82. The van der Waals surface area contributed by atoms with E-state index in [4.69, 9.17) is 5.11 Å². The highest BCUT2D eigenvalue weighted by Crippen LogP contribution is 2.19. The molecule has 0 bridgehead atoms. The third-order valence-electron chi connectivity index (χ3n) is 0.956. The van der Waals surface area contributed by atoms with Crippen molar-refractivity contribution in [2.45, 2.75) is 0 Å². The highest BCUT2D eigenvalue weighted by molar-refractivity contribution is 14.1. The number of rotatable bonds is 1. The van der Waals surface area contributed by atoms with Gasteiger partial charge in [0, 0.05) is 4.47 Å². The van der Waals surface area contributed by atoms with E-state index in [9.17, 15) is 4.79 Å². The molecule has 1 aromatic rings. The van der Waals surface area contributed by atoms with Crippen molar-refractivity contribution >= 4 is 44.5 Å². The molecule has 0 atom stereocenters. The summed E-state index contributed by atoms with van der Waals surface area (Å²) >= 11 is 5.19. The normalized spacial score (nSPS) is 9.80. The minimum absolute atomic E-state index is 0.205. The summed E-state index contributed by atoms with van der Waals surface area (Å²) in [6.07, 6.45) is 0. The minimum atomic E-state index is -0.941. The van der Waals surface area contributed by atoms with Gasteiger partial charge in [-0.25, -0.2) is 4.79 Å². The molecule has 0 unspecified atom stereocenters. The number of halogens is 2. The molecule has 0 saturated heterocycles. The van der Waals surface area contributed by atoms with Gasteiger partial charge in [0.1, 0.15) is 5.69 Å². The number of aromatic carboxylic acids is 1. The van der Waals surface area contributed by atoms with Crippen LogP contribution in [-0.4, -0.2) is 16.1 Å². The zero-order valence-electron chi connectivity index (χ0n) is 4.69. The zero-order valence-corrected chi connectivity index (χ0v) is 8.43. The molecule has 0 saturated carbocycles. The van der Waals surface area contributed by atoms with Gasteiger partial charge in [0.2, 0.25) is 0 Å². The highest BCUT2D eigenvalue weighted by atomic mass is 127. The molecular weight excluding hydrogens is 313 g/mol. The van der Waals surface area contributed by atoms with E-state index in [-0.39, 0.29) is 5.69 Å². The maximum absolute atomic E-state index is 10.3. The average molecular weight is 316 g/mol. The Labute approximate surface area is 79.1 Å². The maximum Gasteiger partial charge on any atom is 0.352 e. The van der Waals surface area contributed by atoms with Crippen molar-refractivity contribution in [3.05, 3.63) is 19.9 Å². The quantitative estimate of drug-likeness (QED) is 0.780. The van der Waals surface area contributed by atoms with Gasteiger partial charge in [-0.05, 0) is 44.6 Å². The third kappa shape index (κ3) is 1.51. The van der Waals surface area contributed by atoms with E-state index >= 15 is 0 Å². The Morgan fingerprint density at radius 2 is 2.40 bits per heavy atom. The van der Waals surface area contributed by atoms with Gasteiger partial charge in [0.25, 0.3) is 0 Å². The summed E-state index contributed by atoms with van der Waals surface area (Å²) in [6.45, 7) is 0. The van der Waals surface area contributed by atoms with E-state index in [1.165, 1.54) is 6.07 Å². The monoisotopic (exact) mass is 315 g/mol. The molecule has 1 heterocycles. The fourth-order valence-electron chi connectivity index (χ4n) is 0.519. The molecule has 0 radical (unpaired) electrons. The predicted molar refractivity (Wildman–Crippen MR) is 48.2 cm³/mol. The first-order chi connectivity index (χ1) is 4.61. The smallest absolute Gasteiger partial charge is 0.352 e. The van der Waals surface area contributed by atoms with Crippen LogP contribution >= 0.6 is 38.5 Å². The minimum Gasteiger partial charge on any atom is -0.477 e. The first kappa shape index (κ1) is 8.06. The third-order valence-corrected chi connectivity index (χ3v) is 3.17. The second-order valence-electron chi connectivity index (χ2n) is 1.65. The molecule has 5 heteroatoms. The highest BCUT2D eigenvalue weighted by Gasteiger charge is 2.07. The van der Waals surface area contributed by atoms with Crippen LogP contribution in [0.3, 0.4) is 0 Å². The lowest BCUT2D eigenvalue weighted by atomic mass is 10.4. The average Bonchev–Trinajstić information content (AvgIpc) is 2.13. The number of hydrogen-bond donors (Lipinski definition) is 2. The van der Waals surface area contributed by atoms with Crippen molar-refractivity contribution in [3.63, 3.8) is 0 Å². The summed E-state index contributed by atoms with van der Waals surface area (Å²) in [4.78, 5) is 13.0. The van der Waals surface area contributed by atoms with Crippen molar-refractivity contribution in [2.75, 3.05) is 0 Å². The Morgan fingerprint density at radius 1 is 1.80 bits per heavy atom. The van der Waals surface area contributed by atoms with E-state index in [1.54, 1.807) is 0 Å². The van der Waals surface area contributed by atoms with Gasteiger partial charge in [-0.2, -0.15) is 0 Å². The van der Waals surface area contributed by atoms with Crippen molar-refractivity contribution in [1.29, 1.82) is 0 Å². The molecule has 0 aliphatic carbocycles. The van der Waals surface area contributed by atoms with Crippen LogP contribution in [0.4, 0.5) is 0 Å². The number of aromatic nitrogens is 1. The summed E-state index contributed by atoms with van der Waals surface area (Å²) < 4.78 is 1.58. The van der Waals surface area contributed by atoms with Gasteiger partial charge in [-0.3, -0.25) is 0 Å². The van der Waals surface area contributed by atoms with E-state index in [1.807, 2.05) is 22.6 Å². The summed E-state index contributed by atoms with van der Waals surface area (Å²) in [5.41, 5.74) is 0.205. The van der Waals surface area contributed by atoms with Crippen LogP contribution in [0, 0.1) is 3.70 Å². The van der Waals surface area contributed by atoms with Crippen LogP contribution in [0.2, 0.25) is 0 Å². The Bertz CT molecular complexity index is 251. The molecule has 10 heavy (non-hydrogen) atoms. The maximum atomic E-state index is 10.3. The van der Waals surface area contributed by atoms with E-state index in [2.05, 4.69) is 20.9 Å². The van der Waals surface area contributed by atoms with Gasteiger partial charge < -0.3 is 10.1 Å². The number of carboxylic acid groups (broad SMARTS) is 1. The molecule has 3 nitrogen and oxygen atoms in total. The number of H-pyrrole nitrogens is 1. The molecule has 1 rings (SSSR count). The molecule has 0 aliphatic heterocycles. The summed E-state index contributed by atoms with van der Waals surface area (Å²) in [7, 11) is 0. The van der Waals surface area contributed by atoms with Gasteiger partial charge in [-0.15, -0.1) is 0 Å². The Morgan fingerprint density at radius 3 is 2.60 bits per heavy atom. The van der Waals surface area contributed by atoms with Crippen LogP contribution in [0.15, 0.2) is 10.5 Å². The van der Waals surface area contributed by atoms with Crippen LogP contribution in [0.1, 0.15) is 10.5 Å². The number of hydrogen-bond acceptors (Lipinski definition) is 1. The molecule has 0 spiro atoms. The van der Waals surface area contributed by atoms with Gasteiger partial charge in [0.05, 0.1) is 3.70 Å². The Balaban J connectivity index is 3.10. The molecule has 1 aromatic heterocycles. The summed E-state index contributed by atoms with van der Waals surface area (Å²) in [5, 5.41) is 8.47. The first-order valence-corrected chi connectivity index (χ1v) is 4.25. The second kappa shape index (κ2) is 2.91. The zero-order chi connectivity index (χ0) is 7.72. The van der Waals surface area contributed by atoms with Gasteiger partial charge in [0.15, 0.2) is 0 Å². The largest absolute Gasteiger partial charge is 0.477 e. The van der Waals surface area contributed by atoms with E-state index in [0.717, 1.165) is 8.17 Å². The summed E-state index contributed by atoms with van der Waals surface area (Å²) in [5.74, 6) is -0.941. The lowest BCUT2D eigenvalue weighted by Crippen LogP contribution is -1.95. The van der Waals surface area contributed by atoms with Gasteiger partial charge >= 0.3 is 5.97 Å². The SMILES string of the molecule is O=C(O)c1cc(Br)c(I)[nH]1. The Kier molecular flexibility index (Phi) is 2.35. The molecule has 0 amide bonds.